The van der Waals surface area contributed by atoms with Crippen LogP contribution in [0.15, 0.2) is 53.4 Å². The zero-order valence-electron chi connectivity index (χ0n) is 13.1. The quantitative estimate of drug-likeness (QED) is 0.870. The Morgan fingerprint density at radius 3 is 2.42 bits per heavy atom. The molecule has 2 aromatic rings. The van der Waals surface area contributed by atoms with Crippen molar-refractivity contribution in [2.75, 3.05) is 0 Å². The second-order valence-corrected chi connectivity index (χ2v) is 7.76. The number of aliphatic carboxylic acids is 1. The minimum Gasteiger partial charge on any atom is -0.481 e. The highest BCUT2D eigenvalue weighted by Gasteiger charge is 2.24. The Morgan fingerprint density at radius 1 is 1.08 bits per heavy atom. The van der Waals surface area contributed by atoms with Gasteiger partial charge in [-0.05, 0) is 48.1 Å². The molecular weight excluding hydrogens is 326 g/mol. The summed E-state index contributed by atoms with van der Waals surface area (Å²) in [5.74, 6) is -0.940. The molecule has 5 nitrogen and oxygen atoms in total. The summed E-state index contributed by atoms with van der Waals surface area (Å²) in [6.07, 6.45) is 2.20. The number of carbonyl (C=O) groups is 1. The van der Waals surface area contributed by atoms with E-state index in [4.69, 9.17) is 5.11 Å². The molecule has 0 aliphatic heterocycles. The largest absolute Gasteiger partial charge is 0.481 e. The molecule has 0 heterocycles. The Bertz CT molecular complexity index is 844. The van der Waals surface area contributed by atoms with Gasteiger partial charge in [-0.2, -0.15) is 0 Å². The summed E-state index contributed by atoms with van der Waals surface area (Å²) in [6, 6.07) is 14.0. The van der Waals surface area contributed by atoms with Crippen molar-refractivity contribution in [2.45, 2.75) is 36.6 Å². The van der Waals surface area contributed by atoms with Gasteiger partial charge >= 0.3 is 5.97 Å². The molecule has 0 bridgehead atoms. The van der Waals surface area contributed by atoms with E-state index in [1.165, 1.54) is 23.3 Å². The summed E-state index contributed by atoms with van der Waals surface area (Å²) in [7, 11) is -3.61. The third-order valence-corrected chi connectivity index (χ3v) is 5.79. The van der Waals surface area contributed by atoms with Crippen LogP contribution in [0, 0.1) is 0 Å². The number of hydrogen-bond donors (Lipinski definition) is 2. The molecule has 1 aliphatic carbocycles. The Morgan fingerprint density at radius 2 is 1.75 bits per heavy atom. The molecule has 0 amide bonds. The minimum atomic E-state index is -3.61. The number of nitrogens with one attached hydrogen (secondary N) is 1. The second-order valence-electron chi connectivity index (χ2n) is 6.04. The Kier molecular flexibility index (Phi) is 4.69. The lowest BCUT2D eigenvalue weighted by Gasteiger charge is -2.25. The van der Waals surface area contributed by atoms with Gasteiger partial charge in [-0.25, -0.2) is 13.1 Å². The van der Waals surface area contributed by atoms with Crippen molar-refractivity contribution >= 4 is 16.0 Å². The molecule has 0 aromatic heterocycles. The van der Waals surface area contributed by atoms with Crippen molar-refractivity contribution in [3.05, 3.63) is 65.2 Å². The first kappa shape index (κ1) is 16.7. The Labute approximate surface area is 141 Å². The average Bonchev–Trinajstić information content (AvgIpc) is 2.54. The summed E-state index contributed by atoms with van der Waals surface area (Å²) < 4.78 is 27.8. The van der Waals surface area contributed by atoms with Crippen LogP contribution >= 0.6 is 0 Å². The molecule has 1 aliphatic rings. The molecule has 126 valence electrons. The molecule has 0 saturated carbocycles. The topological polar surface area (TPSA) is 83.5 Å². The van der Waals surface area contributed by atoms with Gasteiger partial charge in [0.15, 0.2) is 0 Å². The third-order valence-electron chi connectivity index (χ3n) is 4.26. The van der Waals surface area contributed by atoms with Crippen molar-refractivity contribution in [1.82, 2.24) is 4.72 Å². The lowest BCUT2D eigenvalue weighted by molar-refractivity contribution is -0.136. The molecule has 2 N–H and O–H groups in total. The fourth-order valence-corrected chi connectivity index (χ4v) is 4.32. The predicted octanol–water partition coefficient (Wildman–Crippen LogP) is 2.15. The second kappa shape index (κ2) is 6.75. The van der Waals surface area contributed by atoms with Crippen LogP contribution in [0.3, 0.4) is 0 Å². The first-order valence-electron chi connectivity index (χ1n) is 7.84. The van der Waals surface area contributed by atoms with Gasteiger partial charge in [0.1, 0.15) is 0 Å². The van der Waals surface area contributed by atoms with Crippen molar-refractivity contribution in [3.63, 3.8) is 0 Å². The molecule has 2 aromatic carbocycles. The molecule has 0 spiro atoms. The van der Waals surface area contributed by atoms with Crippen LogP contribution in [0.1, 0.15) is 23.1 Å². The van der Waals surface area contributed by atoms with Gasteiger partial charge in [-0.15, -0.1) is 0 Å². The van der Waals surface area contributed by atoms with Crippen LogP contribution < -0.4 is 4.72 Å². The van der Waals surface area contributed by atoms with Gasteiger partial charge in [-0.1, -0.05) is 36.4 Å². The number of hydrogen-bond acceptors (Lipinski definition) is 3. The maximum absolute atomic E-state index is 12.5. The minimum absolute atomic E-state index is 0.118. The molecule has 3 rings (SSSR count). The van der Waals surface area contributed by atoms with E-state index in [1.807, 2.05) is 18.2 Å². The van der Waals surface area contributed by atoms with Crippen molar-refractivity contribution in [2.24, 2.45) is 0 Å². The number of fused-ring (bicyclic) bond motifs is 1. The zero-order chi connectivity index (χ0) is 17.2. The third kappa shape index (κ3) is 3.83. The van der Waals surface area contributed by atoms with E-state index in [-0.39, 0.29) is 17.4 Å². The lowest BCUT2D eigenvalue weighted by atomic mass is 9.89. The van der Waals surface area contributed by atoms with Gasteiger partial charge in [-0.3, -0.25) is 4.79 Å². The normalized spacial score (nSPS) is 17.2. The van der Waals surface area contributed by atoms with E-state index >= 15 is 0 Å². The first-order chi connectivity index (χ1) is 11.4. The summed E-state index contributed by atoms with van der Waals surface area (Å²) in [4.78, 5) is 10.8. The van der Waals surface area contributed by atoms with E-state index in [9.17, 15) is 13.2 Å². The zero-order valence-corrected chi connectivity index (χ0v) is 13.9. The van der Waals surface area contributed by atoms with Gasteiger partial charge in [0.2, 0.25) is 10.0 Å². The van der Waals surface area contributed by atoms with Gasteiger partial charge in [0.05, 0.1) is 11.3 Å². The Hall–Kier alpha value is -2.18. The lowest BCUT2D eigenvalue weighted by Crippen LogP contribution is -2.38. The van der Waals surface area contributed by atoms with Gasteiger partial charge in [0, 0.05) is 6.04 Å². The number of benzene rings is 2. The summed E-state index contributed by atoms with van der Waals surface area (Å²) >= 11 is 0. The summed E-state index contributed by atoms with van der Waals surface area (Å²) in [5.41, 5.74) is 3.05. The fourth-order valence-electron chi connectivity index (χ4n) is 3.05. The van der Waals surface area contributed by atoms with E-state index in [0.29, 0.717) is 12.0 Å². The Balaban J connectivity index is 1.71. The van der Waals surface area contributed by atoms with E-state index in [0.717, 1.165) is 12.8 Å². The molecule has 24 heavy (non-hydrogen) atoms. The van der Waals surface area contributed by atoms with Gasteiger partial charge in [0.25, 0.3) is 0 Å². The SMILES string of the molecule is O=C(O)Cc1ccc(S(=O)(=O)NC2CCc3ccccc3C2)cc1. The highest BCUT2D eigenvalue weighted by molar-refractivity contribution is 7.89. The standard InChI is InChI=1S/C18H19NO4S/c20-18(21)11-13-5-9-17(10-6-13)24(22,23)19-16-8-7-14-3-1-2-4-15(14)12-16/h1-6,9-10,16,19H,7-8,11-12H2,(H,20,21). The van der Waals surface area contributed by atoms with E-state index < -0.39 is 16.0 Å². The van der Waals surface area contributed by atoms with Crippen molar-refractivity contribution in [3.8, 4) is 0 Å². The summed E-state index contributed by atoms with van der Waals surface area (Å²) in [6.45, 7) is 0. The van der Waals surface area contributed by atoms with Crippen molar-refractivity contribution < 1.29 is 18.3 Å². The van der Waals surface area contributed by atoms with Crippen LogP contribution in [0.25, 0.3) is 0 Å². The smallest absolute Gasteiger partial charge is 0.307 e. The molecule has 0 saturated heterocycles. The van der Waals surface area contributed by atoms with Crippen LogP contribution in [-0.4, -0.2) is 25.5 Å². The number of aryl methyl sites for hydroxylation is 1. The van der Waals surface area contributed by atoms with E-state index in [1.54, 1.807) is 12.1 Å². The number of rotatable bonds is 5. The maximum Gasteiger partial charge on any atom is 0.307 e. The van der Waals surface area contributed by atoms with Crippen LogP contribution in [0.2, 0.25) is 0 Å². The average molecular weight is 345 g/mol. The summed E-state index contributed by atoms with van der Waals surface area (Å²) in [5, 5.41) is 8.76. The first-order valence-corrected chi connectivity index (χ1v) is 9.32. The van der Waals surface area contributed by atoms with Gasteiger partial charge < -0.3 is 5.11 Å². The molecule has 1 unspecified atom stereocenters. The molecule has 1 atom stereocenters. The molecule has 0 radical (unpaired) electrons. The van der Waals surface area contributed by atoms with Crippen LogP contribution in [-0.2, 0) is 34.1 Å². The molecule has 0 fully saturated rings. The molecule has 6 heteroatoms. The fraction of sp³-hybridized carbons (Fsp3) is 0.278. The predicted molar refractivity (Wildman–Crippen MR) is 90.4 cm³/mol. The van der Waals surface area contributed by atoms with E-state index in [2.05, 4.69) is 10.8 Å². The van der Waals surface area contributed by atoms with Crippen LogP contribution in [0.5, 0.6) is 0 Å². The van der Waals surface area contributed by atoms with Crippen molar-refractivity contribution in [1.29, 1.82) is 0 Å². The molecular formula is C18H19NO4S. The highest BCUT2D eigenvalue weighted by Crippen LogP contribution is 2.22. The maximum atomic E-state index is 12.5. The highest BCUT2D eigenvalue weighted by atomic mass is 32.2. The number of carboxylic acids is 1. The monoisotopic (exact) mass is 345 g/mol. The van der Waals surface area contributed by atoms with Crippen LogP contribution in [0.4, 0.5) is 0 Å². The number of carboxylic acid groups (broad SMARTS) is 1. The number of sulfonamides is 1.